The summed E-state index contributed by atoms with van der Waals surface area (Å²) in [7, 11) is 0. The van der Waals surface area contributed by atoms with Gasteiger partial charge in [0.05, 0.1) is 0 Å². The zero-order chi connectivity index (χ0) is 14.8. The third kappa shape index (κ3) is 2.99. The average molecular weight is 274 g/mol. The van der Waals surface area contributed by atoms with E-state index in [0.29, 0.717) is 11.3 Å². The molecule has 0 spiro atoms. The SMILES string of the molecule is CCCC1(CCC)CN(c2ncc(C)cc2C(C)C)C1. The summed E-state index contributed by atoms with van der Waals surface area (Å²) in [5, 5.41) is 0. The van der Waals surface area contributed by atoms with Gasteiger partial charge in [0.1, 0.15) is 5.82 Å². The number of hydrogen-bond donors (Lipinski definition) is 0. The molecular weight excluding hydrogens is 244 g/mol. The predicted molar refractivity (Wildman–Crippen MR) is 87.5 cm³/mol. The van der Waals surface area contributed by atoms with E-state index < -0.39 is 0 Å². The number of nitrogens with zero attached hydrogens (tertiary/aromatic N) is 2. The topological polar surface area (TPSA) is 16.1 Å². The van der Waals surface area contributed by atoms with Crippen molar-refractivity contribution in [2.75, 3.05) is 18.0 Å². The van der Waals surface area contributed by atoms with Gasteiger partial charge in [0, 0.05) is 24.7 Å². The van der Waals surface area contributed by atoms with Crippen LogP contribution in [0.25, 0.3) is 0 Å². The minimum atomic E-state index is 0.546. The number of hydrogen-bond acceptors (Lipinski definition) is 2. The molecule has 0 aliphatic carbocycles. The van der Waals surface area contributed by atoms with Crippen molar-refractivity contribution in [3.63, 3.8) is 0 Å². The maximum Gasteiger partial charge on any atom is 0.132 e. The lowest BCUT2D eigenvalue weighted by atomic mass is 9.72. The van der Waals surface area contributed by atoms with Gasteiger partial charge in [-0.15, -0.1) is 0 Å². The van der Waals surface area contributed by atoms with Crippen LogP contribution in [0.1, 0.15) is 70.4 Å². The van der Waals surface area contributed by atoms with Crippen LogP contribution < -0.4 is 4.90 Å². The molecule has 2 heteroatoms. The number of pyridine rings is 1. The van der Waals surface area contributed by atoms with E-state index in [1.807, 2.05) is 6.20 Å². The molecule has 0 radical (unpaired) electrons. The summed E-state index contributed by atoms with van der Waals surface area (Å²) in [4.78, 5) is 7.23. The van der Waals surface area contributed by atoms with Crippen LogP contribution in [0.15, 0.2) is 12.3 Å². The summed E-state index contributed by atoms with van der Waals surface area (Å²) in [5.41, 5.74) is 3.24. The van der Waals surface area contributed by atoms with Crippen molar-refractivity contribution in [3.8, 4) is 0 Å². The molecule has 0 unspecified atom stereocenters. The van der Waals surface area contributed by atoms with Gasteiger partial charge in [-0.25, -0.2) is 4.98 Å². The minimum absolute atomic E-state index is 0.546. The molecule has 20 heavy (non-hydrogen) atoms. The van der Waals surface area contributed by atoms with E-state index in [9.17, 15) is 0 Å². The molecule has 0 bridgehead atoms. The van der Waals surface area contributed by atoms with Gasteiger partial charge in [-0.2, -0.15) is 0 Å². The Kier molecular flexibility index (Phi) is 4.72. The Hall–Kier alpha value is -1.05. The van der Waals surface area contributed by atoms with E-state index in [0.717, 1.165) is 0 Å². The number of aromatic nitrogens is 1. The van der Waals surface area contributed by atoms with Crippen LogP contribution in [0.2, 0.25) is 0 Å². The van der Waals surface area contributed by atoms with Gasteiger partial charge < -0.3 is 4.90 Å². The van der Waals surface area contributed by atoms with Crippen molar-refractivity contribution in [1.29, 1.82) is 0 Å². The van der Waals surface area contributed by atoms with Crippen LogP contribution in [0.4, 0.5) is 5.82 Å². The molecule has 0 amide bonds. The Balaban J connectivity index is 2.15. The maximum absolute atomic E-state index is 4.73. The van der Waals surface area contributed by atoms with Gasteiger partial charge in [0.25, 0.3) is 0 Å². The Morgan fingerprint density at radius 2 is 1.80 bits per heavy atom. The van der Waals surface area contributed by atoms with Gasteiger partial charge in [0.2, 0.25) is 0 Å². The van der Waals surface area contributed by atoms with Crippen LogP contribution in [0.5, 0.6) is 0 Å². The molecule has 0 saturated carbocycles. The Bertz CT molecular complexity index is 437. The molecule has 1 aromatic rings. The highest BCUT2D eigenvalue weighted by Crippen LogP contribution is 2.43. The molecule has 1 aromatic heterocycles. The van der Waals surface area contributed by atoms with Crippen molar-refractivity contribution < 1.29 is 0 Å². The summed E-state index contributed by atoms with van der Waals surface area (Å²) in [5.74, 6) is 1.78. The molecule has 0 aromatic carbocycles. The Morgan fingerprint density at radius 3 is 2.30 bits per heavy atom. The van der Waals surface area contributed by atoms with Crippen LogP contribution >= 0.6 is 0 Å². The van der Waals surface area contributed by atoms with Crippen molar-refractivity contribution >= 4 is 5.82 Å². The predicted octanol–water partition coefficient (Wildman–Crippen LogP) is 4.92. The number of aryl methyl sites for hydroxylation is 1. The van der Waals surface area contributed by atoms with Gasteiger partial charge in [0.15, 0.2) is 0 Å². The molecule has 2 nitrogen and oxygen atoms in total. The number of rotatable bonds is 6. The molecule has 0 N–H and O–H groups in total. The van der Waals surface area contributed by atoms with E-state index in [-0.39, 0.29) is 0 Å². The first-order chi connectivity index (χ1) is 9.51. The molecule has 1 aliphatic rings. The summed E-state index contributed by atoms with van der Waals surface area (Å²) >= 11 is 0. The molecular formula is C18H30N2. The fraction of sp³-hybridized carbons (Fsp3) is 0.722. The van der Waals surface area contributed by atoms with Crippen LogP contribution in [-0.4, -0.2) is 18.1 Å². The second-order valence-corrected chi connectivity index (χ2v) is 6.94. The normalized spacial score (nSPS) is 17.4. The third-order valence-electron chi connectivity index (χ3n) is 4.57. The van der Waals surface area contributed by atoms with Crippen molar-refractivity contribution in [1.82, 2.24) is 4.98 Å². The van der Waals surface area contributed by atoms with E-state index in [1.54, 1.807) is 0 Å². The lowest BCUT2D eigenvalue weighted by Gasteiger charge is -2.52. The van der Waals surface area contributed by atoms with E-state index in [1.165, 1.54) is 55.7 Å². The highest BCUT2D eigenvalue weighted by atomic mass is 15.3. The fourth-order valence-electron chi connectivity index (χ4n) is 3.69. The zero-order valence-corrected chi connectivity index (χ0v) is 13.9. The van der Waals surface area contributed by atoms with Crippen LogP contribution in [0, 0.1) is 12.3 Å². The number of anilines is 1. The summed E-state index contributed by atoms with van der Waals surface area (Å²) in [6.07, 6.45) is 7.33. The monoisotopic (exact) mass is 274 g/mol. The molecule has 1 aliphatic heterocycles. The van der Waals surface area contributed by atoms with Gasteiger partial charge >= 0.3 is 0 Å². The van der Waals surface area contributed by atoms with Crippen LogP contribution in [0.3, 0.4) is 0 Å². The molecule has 1 fully saturated rings. The summed E-state index contributed by atoms with van der Waals surface area (Å²) in [6, 6.07) is 2.31. The fourth-order valence-corrected chi connectivity index (χ4v) is 3.69. The Morgan fingerprint density at radius 1 is 1.20 bits per heavy atom. The van der Waals surface area contributed by atoms with Gasteiger partial charge in [-0.05, 0) is 36.8 Å². The third-order valence-corrected chi connectivity index (χ3v) is 4.57. The molecule has 2 rings (SSSR count). The molecule has 1 saturated heterocycles. The largest absolute Gasteiger partial charge is 0.355 e. The van der Waals surface area contributed by atoms with E-state index >= 15 is 0 Å². The zero-order valence-electron chi connectivity index (χ0n) is 13.9. The van der Waals surface area contributed by atoms with E-state index in [2.05, 4.69) is 45.6 Å². The van der Waals surface area contributed by atoms with Crippen LogP contribution in [-0.2, 0) is 0 Å². The average Bonchev–Trinajstić information content (AvgIpc) is 2.35. The summed E-state index contributed by atoms with van der Waals surface area (Å²) < 4.78 is 0. The lowest BCUT2D eigenvalue weighted by molar-refractivity contribution is 0.171. The van der Waals surface area contributed by atoms with Gasteiger partial charge in [-0.3, -0.25) is 0 Å². The smallest absolute Gasteiger partial charge is 0.132 e. The quantitative estimate of drug-likeness (QED) is 0.732. The molecule has 2 heterocycles. The highest BCUT2D eigenvalue weighted by Gasteiger charge is 2.42. The van der Waals surface area contributed by atoms with Gasteiger partial charge in [-0.1, -0.05) is 46.6 Å². The maximum atomic E-state index is 4.73. The van der Waals surface area contributed by atoms with Crippen molar-refractivity contribution in [3.05, 3.63) is 23.4 Å². The second-order valence-electron chi connectivity index (χ2n) is 6.94. The van der Waals surface area contributed by atoms with E-state index in [4.69, 9.17) is 4.98 Å². The lowest BCUT2D eigenvalue weighted by Crippen LogP contribution is -2.57. The summed E-state index contributed by atoms with van der Waals surface area (Å²) in [6.45, 7) is 13.7. The van der Waals surface area contributed by atoms with Crippen molar-refractivity contribution in [2.24, 2.45) is 5.41 Å². The second kappa shape index (κ2) is 6.15. The standard InChI is InChI=1S/C18H30N2/c1-6-8-18(9-7-2)12-20(13-18)17-16(14(3)4)10-15(5)11-19-17/h10-11,14H,6-9,12-13H2,1-5H3. The highest BCUT2D eigenvalue weighted by molar-refractivity contribution is 5.52. The minimum Gasteiger partial charge on any atom is -0.355 e. The first-order valence-corrected chi connectivity index (χ1v) is 8.23. The van der Waals surface area contributed by atoms with Crippen molar-refractivity contribution in [2.45, 2.75) is 66.2 Å². The molecule has 112 valence electrons. The first-order valence-electron chi connectivity index (χ1n) is 8.23. The Labute approximate surface area is 124 Å². The first kappa shape index (κ1) is 15.3. The molecule has 0 atom stereocenters.